The van der Waals surface area contributed by atoms with Crippen LogP contribution in [-0.4, -0.2) is 52.5 Å². The highest BCUT2D eigenvalue weighted by Gasteiger charge is 2.24. The molecule has 6 nitrogen and oxygen atoms in total. The largest absolute Gasteiger partial charge is 0.465 e. The monoisotopic (exact) mass is 273 g/mol. The second-order valence-corrected chi connectivity index (χ2v) is 5.30. The van der Waals surface area contributed by atoms with E-state index in [4.69, 9.17) is 14.9 Å². The van der Waals surface area contributed by atoms with Crippen LogP contribution in [0.2, 0.25) is 0 Å². The fourth-order valence-corrected chi connectivity index (χ4v) is 1.50. The summed E-state index contributed by atoms with van der Waals surface area (Å²) in [5.74, 6) is -0.210. The molecule has 2 N–H and O–H groups in total. The average molecular weight is 273 g/mol. The molecule has 0 radical (unpaired) electrons. The molecule has 19 heavy (non-hydrogen) atoms. The quantitative estimate of drug-likeness (QED) is 0.588. The summed E-state index contributed by atoms with van der Waals surface area (Å²) in [4.78, 5) is 22.1. The Hall–Kier alpha value is -1.56. The minimum Gasteiger partial charge on any atom is -0.465 e. The molecule has 6 heteroatoms. The van der Waals surface area contributed by atoms with Gasteiger partial charge in [-0.2, -0.15) is 0 Å². The van der Waals surface area contributed by atoms with Crippen molar-refractivity contribution in [1.82, 2.24) is 4.90 Å². The van der Waals surface area contributed by atoms with Crippen molar-refractivity contribution < 1.29 is 24.5 Å². The van der Waals surface area contributed by atoms with E-state index in [0.717, 1.165) is 12.5 Å². The maximum Gasteiger partial charge on any atom is 0.407 e. The molecule has 1 fully saturated rings. The van der Waals surface area contributed by atoms with Gasteiger partial charge in [-0.05, 0) is 27.2 Å². The Morgan fingerprint density at radius 2 is 2.05 bits per heavy atom. The van der Waals surface area contributed by atoms with Gasteiger partial charge in [-0.25, -0.2) is 9.59 Å². The smallest absolute Gasteiger partial charge is 0.407 e. The molecule has 0 aromatic heterocycles. The van der Waals surface area contributed by atoms with Crippen molar-refractivity contribution in [3.05, 3.63) is 12.7 Å². The Kier molecular flexibility index (Phi) is 7.14. The molecular formula is C13H23NO5. The van der Waals surface area contributed by atoms with Gasteiger partial charge in [0.25, 0.3) is 0 Å². The zero-order valence-electron chi connectivity index (χ0n) is 11.8. The third-order valence-corrected chi connectivity index (χ3v) is 2.39. The lowest BCUT2D eigenvalue weighted by atomic mass is 10.1. The third-order valence-electron chi connectivity index (χ3n) is 2.39. The molecule has 0 bridgehead atoms. The van der Waals surface area contributed by atoms with Crippen molar-refractivity contribution in [2.24, 2.45) is 5.92 Å². The molecule has 1 aliphatic heterocycles. The number of hydrogen-bond acceptors (Lipinski definition) is 4. The van der Waals surface area contributed by atoms with Crippen molar-refractivity contribution in [1.29, 1.82) is 0 Å². The Balaban J connectivity index is 0.000000344. The minimum absolute atomic E-state index is 0.101. The first kappa shape index (κ1) is 17.4. The van der Waals surface area contributed by atoms with Crippen molar-refractivity contribution in [2.75, 3.05) is 19.7 Å². The SMILES string of the molecule is C=CC(=O)OC(C)(C)C.O=C(O)N1CC[C@H](CO)C1. The summed E-state index contributed by atoms with van der Waals surface area (Å²) in [6.45, 7) is 9.87. The highest BCUT2D eigenvalue weighted by atomic mass is 16.6. The molecule has 0 saturated carbocycles. The number of rotatable bonds is 2. The Morgan fingerprint density at radius 1 is 1.47 bits per heavy atom. The van der Waals surface area contributed by atoms with E-state index in [0.29, 0.717) is 13.1 Å². The minimum atomic E-state index is -0.879. The van der Waals surface area contributed by atoms with Crippen molar-refractivity contribution in [3.63, 3.8) is 0 Å². The van der Waals surface area contributed by atoms with E-state index in [1.165, 1.54) is 4.90 Å². The molecule has 1 rings (SSSR count). The van der Waals surface area contributed by atoms with Crippen molar-refractivity contribution in [3.8, 4) is 0 Å². The zero-order chi connectivity index (χ0) is 15.1. The van der Waals surface area contributed by atoms with Gasteiger partial charge in [0.1, 0.15) is 5.60 Å². The molecule has 0 spiro atoms. The molecule has 0 aliphatic carbocycles. The van der Waals surface area contributed by atoms with Crippen LogP contribution in [0.5, 0.6) is 0 Å². The van der Waals surface area contributed by atoms with Crippen LogP contribution in [-0.2, 0) is 9.53 Å². The topological polar surface area (TPSA) is 87.1 Å². The van der Waals surface area contributed by atoms with E-state index in [9.17, 15) is 9.59 Å². The molecule has 1 aliphatic rings. The van der Waals surface area contributed by atoms with Gasteiger partial charge in [-0.3, -0.25) is 0 Å². The highest BCUT2D eigenvalue weighted by molar-refractivity contribution is 5.81. The summed E-state index contributed by atoms with van der Waals surface area (Å²) in [7, 11) is 0. The normalized spacial score (nSPS) is 18.3. The van der Waals surface area contributed by atoms with Gasteiger partial charge < -0.3 is 19.8 Å². The predicted molar refractivity (Wildman–Crippen MR) is 70.8 cm³/mol. The molecule has 1 amide bonds. The Bertz CT molecular complexity index is 321. The van der Waals surface area contributed by atoms with Gasteiger partial charge in [0.2, 0.25) is 0 Å². The number of likely N-dealkylation sites (tertiary alicyclic amines) is 1. The summed E-state index contributed by atoms with van der Waals surface area (Å²) in [5.41, 5.74) is -0.398. The fraction of sp³-hybridized carbons (Fsp3) is 0.692. The molecular weight excluding hydrogens is 250 g/mol. The second-order valence-electron chi connectivity index (χ2n) is 5.30. The summed E-state index contributed by atoms with van der Waals surface area (Å²) in [6, 6.07) is 0. The Labute approximate surface area is 113 Å². The number of carbonyl (C=O) groups is 2. The molecule has 0 aromatic carbocycles. The molecule has 1 atom stereocenters. The third kappa shape index (κ3) is 8.20. The predicted octanol–water partition coefficient (Wildman–Crippen LogP) is 1.49. The van der Waals surface area contributed by atoms with Crippen LogP contribution in [0.1, 0.15) is 27.2 Å². The molecule has 0 unspecified atom stereocenters. The van der Waals surface area contributed by atoms with E-state index in [2.05, 4.69) is 6.58 Å². The van der Waals surface area contributed by atoms with Crippen molar-refractivity contribution >= 4 is 12.1 Å². The average Bonchev–Trinajstić information content (AvgIpc) is 2.76. The number of carboxylic acid groups (broad SMARTS) is 1. The maximum atomic E-state index is 10.5. The lowest BCUT2D eigenvalue weighted by molar-refractivity contribution is -0.148. The van der Waals surface area contributed by atoms with Crippen LogP contribution in [0, 0.1) is 5.92 Å². The van der Waals surface area contributed by atoms with Gasteiger partial charge in [0, 0.05) is 31.7 Å². The van der Waals surface area contributed by atoms with Gasteiger partial charge in [-0.1, -0.05) is 6.58 Å². The first-order chi connectivity index (χ1) is 8.69. The standard InChI is InChI=1S/C7H12O2.C6H11NO3/c1-5-6(8)9-7(2,3)4;8-4-5-1-2-7(3-5)6(9)10/h5H,1H2,2-4H3;5,8H,1-4H2,(H,9,10)/t;5-/m.0/s1. The summed E-state index contributed by atoms with van der Waals surface area (Å²) >= 11 is 0. The number of carbonyl (C=O) groups excluding carboxylic acids is 1. The lowest BCUT2D eigenvalue weighted by Gasteiger charge is -2.17. The van der Waals surface area contributed by atoms with E-state index in [1.807, 2.05) is 20.8 Å². The van der Waals surface area contributed by atoms with Gasteiger partial charge in [0.05, 0.1) is 0 Å². The van der Waals surface area contributed by atoms with Gasteiger partial charge in [0.15, 0.2) is 0 Å². The van der Waals surface area contributed by atoms with Crippen molar-refractivity contribution in [2.45, 2.75) is 32.8 Å². The van der Waals surface area contributed by atoms with Gasteiger partial charge >= 0.3 is 12.1 Å². The van der Waals surface area contributed by atoms with Crippen LogP contribution in [0.3, 0.4) is 0 Å². The molecule has 110 valence electrons. The van der Waals surface area contributed by atoms with E-state index < -0.39 is 11.7 Å². The number of ether oxygens (including phenoxy) is 1. The van der Waals surface area contributed by atoms with Crippen LogP contribution in [0.15, 0.2) is 12.7 Å². The maximum absolute atomic E-state index is 10.5. The number of aliphatic hydroxyl groups excluding tert-OH is 1. The molecule has 1 heterocycles. The Morgan fingerprint density at radius 3 is 2.26 bits per heavy atom. The summed E-state index contributed by atoms with van der Waals surface area (Å²) in [6.07, 6.45) is 1.07. The van der Waals surface area contributed by atoms with Gasteiger partial charge in [-0.15, -0.1) is 0 Å². The number of amides is 1. The number of nitrogens with zero attached hydrogens (tertiary/aromatic N) is 1. The zero-order valence-corrected chi connectivity index (χ0v) is 11.8. The van der Waals surface area contributed by atoms with Crippen LogP contribution >= 0.6 is 0 Å². The summed E-state index contributed by atoms with van der Waals surface area (Å²) < 4.78 is 4.83. The number of esters is 1. The lowest BCUT2D eigenvalue weighted by Crippen LogP contribution is -2.27. The van der Waals surface area contributed by atoms with E-state index in [-0.39, 0.29) is 18.5 Å². The molecule has 1 saturated heterocycles. The molecule has 0 aromatic rings. The number of hydrogen-bond donors (Lipinski definition) is 2. The number of aliphatic hydroxyl groups is 1. The van der Waals surface area contributed by atoms with E-state index in [1.54, 1.807) is 0 Å². The highest BCUT2D eigenvalue weighted by Crippen LogP contribution is 2.14. The summed E-state index contributed by atoms with van der Waals surface area (Å²) in [5, 5.41) is 17.1. The first-order valence-corrected chi connectivity index (χ1v) is 6.13. The van der Waals surface area contributed by atoms with Crippen LogP contribution < -0.4 is 0 Å². The van der Waals surface area contributed by atoms with Crippen LogP contribution in [0.25, 0.3) is 0 Å². The second kappa shape index (κ2) is 7.78. The van der Waals surface area contributed by atoms with Crippen LogP contribution in [0.4, 0.5) is 4.79 Å². The fourth-order valence-electron chi connectivity index (χ4n) is 1.50. The first-order valence-electron chi connectivity index (χ1n) is 6.13. The van der Waals surface area contributed by atoms with E-state index >= 15 is 0 Å².